The van der Waals surface area contributed by atoms with Gasteiger partial charge in [-0.2, -0.15) is 0 Å². The first-order chi connectivity index (χ1) is 14.8. The van der Waals surface area contributed by atoms with Crippen LogP contribution in [0.15, 0.2) is 47.6 Å². The lowest BCUT2D eigenvalue weighted by molar-refractivity contribution is 0.0609. The van der Waals surface area contributed by atoms with Crippen LogP contribution in [0.2, 0.25) is 0 Å². The van der Waals surface area contributed by atoms with Gasteiger partial charge in [-0.15, -0.1) is 0 Å². The largest absolute Gasteiger partial charge is 0.508 e. The molecule has 3 fully saturated rings. The zero-order chi connectivity index (χ0) is 22.0. The van der Waals surface area contributed by atoms with Crippen molar-refractivity contribution in [2.45, 2.75) is 77.4 Å². The molecule has 3 saturated carbocycles. The molecule has 3 aliphatic carbocycles. The highest BCUT2D eigenvalue weighted by Crippen LogP contribution is 2.59. The minimum atomic E-state index is -0.410. The number of hydrogen-bond donors (Lipinski definition) is 3. The minimum absolute atomic E-state index is 0.265. The minimum Gasteiger partial charge on any atom is -0.508 e. The van der Waals surface area contributed by atoms with Gasteiger partial charge < -0.3 is 15.3 Å². The highest BCUT2D eigenvalue weighted by atomic mass is 16.3. The maximum Gasteiger partial charge on any atom is 0.116 e. The molecule has 0 saturated heterocycles. The lowest BCUT2D eigenvalue weighted by Gasteiger charge is -2.43. The zero-order valence-electron chi connectivity index (χ0n) is 18.8. The lowest BCUT2D eigenvalue weighted by atomic mass is 9.61. The van der Waals surface area contributed by atoms with Gasteiger partial charge in [0.2, 0.25) is 0 Å². The standard InChI is InChI=1S/C28H36O3/c1-19(8-9-20-5-3-7-23(29)15-20)26-12-13-27-22(6-4-14-28(26,27)2)11-10-21-16-24(30)18-25(31)17-21/h3,5,7,10-11,15,19,24-27,29-31H,4,6,12-14,16-18H2,1-2H3/b22-11+/t19-,24-,25-,26-,27+,28-/m1/s1. The van der Waals surface area contributed by atoms with Crippen molar-refractivity contribution in [1.82, 2.24) is 0 Å². The van der Waals surface area contributed by atoms with Gasteiger partial charge >= 0.3 is 0 Å². The van der Waals surface area contributed by atoms with E-state index >= 15 is 0 Å². The first-order valence-electron chi connectivity index (χ1n) is 11.9. The Hall–Kier alpha value is -2.02. The molecule has 0 aliphatic heterocycles. The van der Waals surface area contributed by atoms with Crippen LogP contribution in [0.3, 0.4) is 0 Å². The second-order valence-corrected chi connectivity index (χ2v) is 10.2. The van der Waals surface area contributed by atoms with Crippen LogP contribution in [0.5, 0.6) is 5.75 Å². The molecule has 3 aliphatic rings. The Balaban J connectivity index is 1.50. The lowest BCUT2D eigenvalue weighted by Crippen LogP contribution is -2.35. The average molecular weight is 421 g/mol. The number of aliphatic hydroxyl groups excluding tert-OH is 2. The number of aliphatic hydroxyl groups is 2. The second-order valence-electron chi connectivity index (χ2n) is 10.2. The Morgan fingerprint density at radius 3 is 2.65 bits per heavy atom. The normalized spacial score (nSPS) is 35.2. The molecule has 1 aromatic rings. The van der Waals surface area contributed by atoms with Gasteiger partial charge in [-0.05, 0) is 86.8 Å². The molecule has 166 valence electrons. The first-order valence-corrected chi connectivity index (χ1v) is 11.9. The number of fused-ring (bicyclic) bond motifs is 1. The molecule has 0 heterocycles. The monoisotopic (exact) mass is 420 g/mol. The van der Waals surface area contributed by atoms with Gasteiger partial charge in [0.1, 0.15) is 5.75 Å². The van der Waals surface area contributed by atoms with Crippen molar-refractivity contribution in [3.63, 3.8) is 0 Å². The average Bonchev–Trinajstić information content (AvgIpc) is 3.07. The number of phenolic OH excluding ortho intramolecular Hbond substituents is 1. The molecule has 6 atom stereocenters. The molecule has 0 radical (unpaired) electrons. The smallest absolute Gasteiger partial charge is 0.116 e. The molecule has 0 spiro atoms. The third-order valence-corrected chi connectivity index (χ3v) is 8.00. The topological polar surface area (TPSA) is 60.7 Å². The number of aromatic hydroxyl groups is 1. The van der Waals surface area contributed by atoms with E-state index in [9.17, 15) is 15.3 Å². The Morgan fingerprint density at radius 2 is 1.90 bits per heavy atom. The maximum atomic E-state index is 9.97. The van der Waals surface area contributed by atoms with Crippen LogP contribution in [0.25, 0.3) is 0 Å². The molecule has 0 unspecified atom stereocenters. The third-order valence-electron chi connectivity index (χ3n) is 8.00. The van der Waals surface area contributed by atoms with Crippen molar-refractivity contribution < 1.29 is 15.3 Å². The highest BCUT2D eigenvalue weighted by Gasteiger charge is 2.50. The van der Waals surface area contributed by atoms with Crippen molar-refractivity contribution >= 4 is 0 Å². The van der Waals surface area contributed by atoms with Crippen LogP contribution >= 0.6 is 0 Å². The Bertz CT molecular complexity index is 906. The molecule has 0 bridgehead atoms. The van der Waals surface area contributed by atoms with E-state index < -0.39 is 12.2 Å². The summed E-state index contributed by atoms with van der Waals surface area (Å²) in [6, 6.07) is 7.20. The summed E-state index contributed by atoms with van der Waals surface area (Å²) in [6.45, 7) is 4.73. The quantitative estimate of drug-likeness (QED) is 0.565. The van der Waals surface area contributed by atoms with Gasteiger partial charge in [0.25, 0.3) is 0 Å². The van der Waals surface area contributed by atoms with E-state index in [0.717, 1.165) is 12.0 Å². The van der Waals surface area contributed by atoms with E-state index in [1.807, 2.05) is 12.1 Å². The molecule has 4 rings (SSSR count). The van der Waals surface area contributed by atoms with Gasteiger partial charge in [0, 0.05) is 11.5 Å². The molecule has 3 N–H and O–H groups in total. The van der Waals surface area contributed by atoms with Crippen LogP contribution in [0.4, 0.5) is 0 Å². The van der Waals surface area contributed by atoms with E-state index in [1.165, 1.54) is 31.3 Å². The summed E-state index contributed by atoms with van der Waals surface area (Å²) in [4.78, 5) is 0. The van der Waals surface area contributed by atoms with Crippen LogP contribution in [0, 0.1) is 35.0 Å². The summed E-state index contributed by atoms with van der Waals surface area (Å²) in [6.07, 6.45) is 11.6. The van der Waals surface area contributed by atoms with E-state index in [0.29, 0.717) is 37.0 Å². The van der Waals surface area contributed by atoms with Gasteiger partial charge in [0.15, 0.2) is 0 Å². The predicted molar refractivity (Wildman–Crippen MR) is 124 cm³/mol. The molecule has 0 aromatic heterocycles. The zero-order valence-corrected chi connectivity index (χ0v) is 18.8. The Labute approximate surface area is 186 Å². The summed E-state index contributed by atoms with van der Waals surface area (Å²) in [5, 5.41) is 29.6. The number of phenols is 1. The summed E-state index contributed by atoms with van der Waals surface area (Å²) >= 11 is 0. The van der Waals surface area contributed by atoms with Crippen molar-refractivity contribution in [3.8, 4) is 17.6 Å². The number of allylic oxidation sites excluding steroid dienone is 3. The summed E-state index contributed by atoms with van der Waals surface area (Å²) < 4.78 is 0. The Morgan fingerprint density at radius 1 is 1.13 bits per heavy atom. The molecule has 0 amide bonds. The molecular weight excluding hydrogens is 384 g/mol. The second kappa shape index (κ2) is 9.23. The fourth-order valence-electron chi connectivity index (χ4n) is 6.51. The number of hydrogen-bond acceptors (Lipinski definition) is 3. The van der Waals surface area contributed by atoms with Gasteiger partial charge in [0.05, 0.1) is 12.2 Å². The first kappa shape index (κ1) is 22.2. The van der Waals surface area contributed by atoms with E-state index in [4.69, 9.17) is 0 Å². The van der Waals surface area contributed by atoms with Crippen molar-refractivity contribution in [2.24, 2.45) is 23.2 Å². The summed E-state index contributed by atoms with van der Waals surface area (Å²) in [7, 11) is 0. The van der Waals surface area contributed by atoms with E-state index in [-0.39, 0.29) is 11.2 Å². The van der Waals surface area contributed by atoms with Crippen LogP contribution in [-0.4, -0.2) is 27.5 Å². The SMILES string of the molecule is C[C@H](C#Cc1cccc(O)c1)[C@H]1CC[C@H]2/C(=C/C=C3C[C@@H](O)C[C@H](O)C3)CCC[C@]12C. The van der Waals surface area contributed by atoms with Crippen LogP contribution in [-0.2, 0) is 0 Å². The van der Waals surface area contributed by atoms with Crippen LogP contribution in [0.1, 0.15) is 70.8 Å². The van der Waals surface area contributed by atoms with Crippen molar-refractivity contribution in [2.75, 3.05) is 0 Å². The molecule has 3 heteroatoms. The predicted octanol–water partition coefficient (Wildman–Crippen LogP) is 5.35. The maximum absolute atomic E-state index is 9.97. The van der Waals surface area contributed by atoms with Crippen LogP contribution < -0.4 is 0 Å². The van der Waals surface area contributed by atoms with Crippen molar-refractivity contribution in [1.29, 1.82) is 0 Å². The summed E-state index contributed by atoms with van der Waals surface area (Å²) in [5.74, 6) is 8.53. The molecule has 3 nitrogen and oxygen atoms in total. The highest BCUT2D eigenvalue weighted by molar-refractivity contribution is 5.39. The molecular formula is C28H36O3. The van der Waals surface area contributed by atoms with Gasteiger partial charge in [-0.25, -0.2) is 0 Å². The third kappa shape index (κ3) is 4.92. The van der Waals surface area contributed by atoms with Gasteiger partial charge in [-0.1, -0.05) is 55.1 Å². The fourth-order valence-corrected chi connectivity index (χ4v) is 6.51. The Kier molecular flexibility index (Phi) is 6.60. The van der Waals surface area contributed by atoms with Gasteiger partial charge in [-0.3, -0.25) is 0 Å². The fraction of sp³-hybridized carbons (Fsp3) is 0.571. The summed E-state index contributed by atoms with van der Waals surface area (Å²) in [5.41, 5.74) is 3.87. The molecule has 31 heavy (non-hydrogen) atoms. The molecule has 1 aromatic carbocycles. The van der Waals surface area contributed by atoms with Crippen molar-refractivity contribution in [3.05, 3.63) is 53.1 Å². The van der Waals surface area contributed by atoms with E-state index in [1.54, 1.807) is 17.7 Å². The number of rotatable bonds is 2. The van der Waals surface area contributed by atoms with E-state index in [2.05, 4.69) is 37.8 Å². The number of benzene rings is 1.